The van der Waals surface area contributed by atoms with E-state index in [-0.39, 0.29) is 23.2 Å². The van der Waals surface area contributed by atoms with E-state index in [9.17, 15) is 19.7 Å². The van der Waals surface area contributed by atoms with Gasteiger partial charge in [0.2, 0.25) is 5.91 Å². The fourth-order valence-corrected chi connectivity index (χ4v) is 4.92. The van der Waals surface area contributed by atoms with Gasteiger partial charge in [0.1, 0.15) is 0 Å². The van der Waals surface area contributed by atoms with Gasteiger partial charge in [0.05, 0.1) is 22.2 Å². The van der Waals surface area contributed by atoms with Crippen LogP contribution in [0.3, 0.4) is 0 Å². The minimum atomic E-state index is -0.465. The van der Waals surface area contributed by atoms with E-state index >= 15 is 0 Å². The lowest BCUT2D eigenvalue weighted by molar-refractivity contribution is -0.384. The summed E-state index contributed by atoms with van der Waals surface area (Å²) in [4.78, 5) is 39.8. The lowest BCUT2D eigenvalue weighted by atomic mass is 9.91. The van der Waals surface area contributed by atoms with E-state index < -0.39 is 4.92 Å². The van der Waals surface area contributed by atoms with Crippen LogP contribution in [0.4, 0.5) is 5.69 Å². The largest absolute Gasteiger partial charge is 0.321 e. The van der Waals surface area contributed by atoms with Gasteiger partial charge in [-0.3, -0.25) is 19.7 Å². The van der Waals surface area contributed by atoms with Crippen LogP contribution in [0.25, 0.3) is 22.0 Å². The summed E-state index contributed by atoms with van der Waals surface area (Å²) in [5.74, 6) is -0.251. The molecule has 1 amide bonds. The number of amides is 1. The lowest BCUT2D eigenvalue weighted by Crippen LogP contribution is -2.24. The molecule has 1 atom stereocenters. The number of hydrazone groups is 1. The number of hydrogen-bond donors (Lipinski definition) is 1. The number of nitrogens with one attached hydrogen (secondary N) is 1. The van der Waals surface area contributed by atoms with Crippen LogP contribution in [0, 0.1) is 10.1 Å². The first kappa shape index (κ1) is 22.7. The fourth-order valence-electron chi connectivity index (χ4n) is 4.50. The monoisotopic (exact) mass is 530 g/mol. The van der Waals surface area contributed by atoms with Crippen molar-refractivity contribution in [2.75, 3.05) is 0 Å². The van der Waals surface area contributed by atoms with E-state index in [4.69, 9.17) is 0 Å². The lowest BCUT2D eigenvalue weighted by Gasteiger charge is -2.20. The highest BCUT2D eigenvalue weighted by Crippen LogP contribution is 2.38. The number of carbonyl (C=O) groups excluding carboxylic acids is 1. The molecule has 0 bridgehead atoms. The first-order valence-electron chi connectivity index (χ1n) is 10.9. The molecular formula is C26H19BrN4O4. The van der Waals surface area contributed by atoms with Crippen molar-refractivity contribution in [3.8, 4) is 11.1 Å². The maximum Gasteiger partial charge on any atom is 0.270 e. The molecule has 4 aromatic rings. The maximum absolute atomic E-state index is 13.4. The molecule has 0 saturated heterocycles. The van der Waals surface area contributed by atoms with E-state index in [1.807, 2.05) is 54.6 Å². The second-order valence-corrected chi connectivity index (χ2v) is 9.16. The first-order valence-corrected chi connectivity index (χ1v) is 11.7. The highest BCUT2D eigenvalue weighted by molar-refractivity contribution is 9.10. The third-order valence-electron chi connectivity index (χ3n) is 6.03. The minimum absolute atomic E-state index is 0.0848. The number of H-pyrrole nitrogens is 1. The maximum atomic E-state index is 13.4. The van der Waals surface area contributed by atoms with Crippen LogP contribution in [0.1, 0.15) is 30.5 Å². The second-order valence-electron chi connectivity index (χ2n) is 8.24. The average Bonchev–Trinajstić information content (AvgIpc) is 3.29. The molecule has 1 aliphatic rings. The van der Waals surface area contributed by atoms with Crippen LogP contribution >= 0.6 is 15.9 Å². The van der Waals surface area contributed by atoms with Crippen LogP contribution in [0.2, 0.25) is 0 Å². The zero-order chi connectivity index (χ0) is 24.7. The van der Waals surface area contributed by atoms with Crippen LogP contribution in [-0.4, -0.2) is 26.5 Å². The summed E-state index contributed by atoms with van der Waals surface area (Å²) in [7, 11) is 0. The van der Waals surface area contributed by atoms with Gasteiger partial charge in [0.25, 0.3) is 11.2 Å². The van der Waals surface area contributed by atoms with E-state index in [0.29, 0.717) is 34.2 Å². The van der Waals surface area contributed by atoms with Crippen molar-refractivity contribution >= 4 is 44.1 Å². The van der Waals surface area contributed by atoms with E-state index in [1.165, 1.54) is 30.1 Å². The number of aromatic amines is 1. The van der Waals surface area contributed by atoms with Crippen LogP contribution < -0.4 is 5.56 Å². The van der Waals surface area contributed by atoms with Gasteiger partial charge in [-0.15, -0.1) is 0 Å². The molecule has 5 rings (SSSR count). The van der Waals surface area contributed by atoms with Gasteiger partial charge in [0.15, 0.2) is 0 Å². The Hall–Kier alpha value is -4.11. The molecule has 174 valence electrons. The quantitative estimate of drug-likeness (QED) is 0.275. The standard InChI is InChI=1S/C26H19BrN4O4/c1-15(32)30-23(17-8-5-9-18(27)12-17)14-22(29-30)25-24(16-6-3-2-4-7-16)20-13-19(31(34)35)10-11-21(20)28-26(25)33/h2-13,23H,14H2,1H3,(H,28,33)/t23-/m0/s1. The van der Waals surface area contributed by atoms with E-state index in [1.54, 1.807) is 0 Å². The zero-order valence-electron chi connectivity index (χ0n) is 18.6. The molecule has 0 fully saturated rings. The molecule has 0 aliphatic carbocycles. The number of nitro benzene ring substituents is 1. The molecule has 3 aromatic carbocycles. The number of non-ortho nitro benzene ring substituents is 1. The van der Waals surface area contributed by atoms with Gasteiger partial charge in [-0.05, 0) is 29.3 Å². The predicted octanol–water partition coefficient (Wildman–Crippen LogP) is 5.56. The number of benzene rings is 3. The van der Waals surface area contributed by atoms with Gasteiger partial charge >= 0.3 is 0 Å². The zero-order valence-corrected chi connectivity index (χ0v) is 20.2. The van der Waals surface area contributed by atoms with Crippen molar-refractivity contribution in [2.45, 2.75) is 19.4 Å². The highest BCUT2D eigenvalue weighted by atomic mass is 79.9. The normalized spacial score (nSPS) is 15.3. The van der Waals surface area contributed by atoms with Crippen molar-refractivity contribution in [1.29, 1.82) is 0 Å². The Bertz CT molecular complexity index is 1580. The van der Waals surface area contributed by atoms with E-state index in [0.717, 1.165) is 15.6 Å². The molecule has 8 nitrogen and oxygen atoms in total. The van der Waals surface area contributed by atoms with Crippen molar-refractivity contribution in [2.24, 2.45) is 5.10 Å². The van der Waals surface area contributed by atoms with Gasteiger partial charge < -0.3 is 4.98 Å². The number of hydrogen-bond acceptors (Lipinski definition) is 5. The molecule has 1 aromatic heterocycles. The summed E-state index contributed by atoms with van der Waals surface area (Å²) >= 11 is 3.47. The van der Waals surface area contributed by atoms with Crippen molar-refractivity contribution < 1.29 is 9.72 Å². The minimum Gasteiger partial charge on any atom is -0.321 e. The van der Waals surface area contributed by atoms with Gasteiger partial charge in [-0.1, -0.05) is 58.4 Å². The molecule has 1 N–H and O–H groups in total. The third kappa shape index (κ3) is 4.15. The fraction of sp³-hybridized carbons (Fsp3) is 0.115. The van der Waals surface area contributed by atoms with Gasteiger partial charge in [-0.2, -0.15) is 5.10 Å². The highest BCUT2D eigenvalue weighted by Gasteiger charge is 2.34. The molecule has 0 spiro atoms. The van der Waals surface area contributed by atoms with Gasteiger partial charge in [-0.25, -0.2) is 5.01 Å². The molecule has 2 heterocycles. The van der Waals surface area contributed by atoms with Crippen LogP contribution in [0.15, 0.2) is 87.2 Å². The Morgan fingerprint density at radius 2 is 1.86 bits per heavy atom. The summed E-state index contributed by atoms with van der Waals surface area (Å²) in [5.41, 5.74) is 2.91. The Morgan fingerprint density at radius 3 is 2.54 bits per heavy atom. The molecule has 0 saturated carbocycles. The van der Waals surface area contributed by atoms with Crippen molar-refractivity contribution in [3.63, 3.8) is 0 Å². The van der Waals surface area contributed by atoms with Crippen molar-refractivity contribution in [1.82, 2.24) is 9.99 Å². The van der Waals surface area contributed by atoms with Gasteiger partial charge in [0, 0.05) is 46.4 Å². The number of nitrogens with zero attached hydrogens (tertiary/aromatic N) is 3. The van der Waals surface area contributed by atoms with Crippen LogP contribution in [0.5, 0.6) is 0 Å². The molecule has 0 radical (unpaired) electrons. The summed E-state index contributed by atoms with van der Waals surface area (Å²) < 4.78 is 0.868. The number of aromatic nitrogens is 1. The number of nitro groups is 1. The Kier molecular flexibility index (Phi) is 5.78. The average molecular weight is 531 g/mol. The summed E-state index contributed by atoms with van der Waals surface area (Å²) in [6, 6.07) is 20.8. The summed E-state index contributed by atoms with van der Waals surface area (Å²) in [6.45, 7) is 1.43. The van der Waals surface area contributed by atoms with Crippen molar-refractivity contribution in [3.05, 3.63) is 109 Å². The summed E-state index contributed by atoms with van der Waals surface area (Å²) in [5, 5.41) is 18.0. The molecule has 1 aliphatic heterocycles. The smallest absolute Gasteiger partial charge is 0.270 e. The topological polar surface area (TPSA) is 109 Å². The predicted molar refractivity (Wildman–Crippen MR) is 137 cm³/mol. The third-order valence-corrected chi connectivity index (χ3v) is 6.52. The number of carbonyl (C=O) groups is 1. The number of rotatable bonds is 4. The number of pyridine rings is 1. The molecular weight excluding hydrogens is 512 g/mol. The van der Waals surface area contributed by atoms with Crippen LogP contribution in [-0.2, 0) is 4.79 Å². The Labute approximate surface area is 208 Å². The SMILES string of the molecule is CC(=O)N1N=C(c2c(-c3ccccc3)c3cc([N+](=O)[O-])ccc3[nH]c2=O)C[C@H]1c1cccc(Br)c1. The number of halogens is 1. The molecule has 0 unspecified atom stereocenters. The van der Waals surface area contributed by atoms with E-state index in [2.05, 4.69) is 26.0 Å². The first-order chi connectivity index (χ1) is 16.8. The molecule has 9 heteroatoms. The number of fused-ring (bicyclic) bond motifs is 1. The summed E-state index contributed by atoms with van der Waals surface area (Å²) in [6.07, 6.45) is 0.319. The second kappa shape index (κ2) is 8.92. The Balaban J connectivity index is 1.76. The Morgan fingerprint density at radius 1 is 1.09 bits per heavy atom. The molecule has 35 heavy (non-hydrogen) atoms.